The molecule has 2 aromatic carbocycles. The first kappa shape index (κ1) is 20.5. The minimum absolute atomic E-state index is 0.0276. The van der Waals surface area contributed by atoms with Gasteiger partial charge in [-0.25, -0.2) is 14.8 Å². The first-order chi connectivity index (χ1) is 14.5. The number of nitrogens with one attached hydrogen (secondary N) is 2. The molecule has 1 heterocycles. The molecule has 10 heteroatoms. The zero-order valence-corrected chi connectivity index (χ0v) is 16.3. The highest BCUT2D eigenvalue weighted by Crippen LogP contribution is 2.36. The Labute approximate surface area is 172 Å². The highest BCUT2D eigenvalue weighted by Gasteiger charge is 2.25. The maximum atomic E-state index is 12.0. The van der Waals surface area contributed by atoms with Gasteiger partial charge in [0.1, 0.15) is 12.1 Å². The Hall–Kier alpha value is -4.21. The molecule has 3 aromatic rings. The molecule has 154 valence electrons. The van der Waals surface area contributed by atoms with Gasteiger partial charge < -0.3 is 20.1 Å². The fourth-order valence-electron chi connectivity index (χ4n) is 2.72. The van der Waals surface area contributed by atoms with Gasteiger partial charge in [0.25, 0.3) is 0 Å². The van der Waals surface area contributed by atoms with Gasteiger partial charge in [-0.1, -0.05) is 24.3 Å². The van der Waals surface area contributed by atoms with Crippen molar-refractivity contribution in [3.8, 4) is 5.75 Å². The molecule has 0 spiro atoms. The van der Waals surface area contributed by atoms with Crippen LogP contribution in [0.15, 0.2) is 54.9 Å². The first-order valence-electron chi connectivity index (χ1n) is 8.97. The Bertz CT molecular complexity index is 1070. The highest BCUT2D eigenvalue weighted by molar-refractivity contribution is 5.96. The van der Waals surface area contributed by atoms with Gasteiger partial charge in [-0.05, 0) is 31.2 Å². The van der Waals surface area contributed by atoms with Gasteiger partial charge in [0.2, 0.25) is 11.6 Å². The number of nitro groups is 1. The summed E-state index contributed by atoms with van der Waals surface area (Å²) < 4.78 is 10.3. The number of esters is 1. The summed E-state index contributed by atoms with van der Waals surface area (Å²) in [7, 11) is 1.25. The summed E-state index contributed by atoms with van der Waals surface area (Å²) in [6.07, 6.45) is 1.18. The molecule has 2 N–H and O–H groups in total. The Morgan fingerprint density at radius 1 is 1.03 bits per heavy atom. The summed E-state index contributed by atoms with van der Waals surface area (Å²) in [6.45, 7) is 2.27. The van der Waals surface area contributed by atoms with Gasteiger partial charge in [0, 0.05) is 0 Å². The quantitative estimate of drug-likeness (QED) is 0.321. The molecular weight excluding hydrogens is 390 g/mol. The Morgan fingerprint density at radius 3 is 2.27 bits per heavy atom. The zero-order valence-electron chi connectivity index (χ0n) is 16.3. The van der Waals surface area contributed by atoms with Crippen molar-refractivity contribution in [2.24, 2.45) is 0 Å². The van der Waals surface area contributed by atoms with E-state index >= 15 is 0 Å². The third-order valence-electron chi connectivity index (χ3n) is 4.03. The summed E-state index contributed by atoms with van der Waals surface area (Å²) in [5.74, 6) is -0.166. The van der Waals surface area contributed by atoms with E-state index in [0.717, 1.165) is 0 Å². The second kappa shape index (κ2) is 9.32. The van der Waals surface area contributed by atoms with Crippen molar-refractivity contribution in [2.45, 2.75) is 6.92 Å². The normalized spacial score (nSPS) is 10.2. The number of methoxy groups -OCH3 is 1. The van der Waals surface area contributed by atoms with E-state index in [9.17, 15) is 14.9 Å². The van der Waals surface area contributed by atoms with Crippen LogP contribution in [0, 0.1) is 10.1 Å². The average molecular weight is 409 g/mol. The predicted octanol–water partition coefficient (Wildman–Crippen LogP) is 4.06. The van der Waals surface area contributed by atoms with Gasteiger partial charge in [-0.2, -0.15) is 0 Å². The van der Waals surface area contributed by atoms with Crippen LogP contribution in [0.5, 0.6) is 5.75 Å². The van der Waals surface area contributed by atoms with Crippen molar-refractivity contribution in [3.05, 3.63) is 70.5 Å². The van der Waals surface area contributed by atoms with Crippen LogP contribution >= 0.6 is 0 Å². The summed E-state index contributed by atoms with van der Waals surface area (Å²) in [6, 6.07) is 13.5. The minimum atomic E-state index is -0.602. The summed E-state index contributed by atoms with van der Waals surface area (Å²) in [5.41, 5.74) is 0.654. The number of carbonyl (C=O) groups excluding carboxylic acids is 1. The standard InChI is InChI=1S/C20H19N5O5/c1-3-30-16-11-7-6-10-15(16)24-19-17(25(27)28)18(21-12-22-19)23-14-9-5-4-8-13(14)20(26)29-2/h4-12H,3H2,1-2H3,(H2,21,22,23,24). The summed E-state index contributed by atoms with van der Waals surface area (Å²) >= 11 is 0. The predicted molar refractivity (Wildman–Crippen MR) is 111 cm³/mol. The molecule has 0 bridgehead atoms. The van der Waals surface area contributed by atoms with Crippen LogP contribution in [0.1, 0.15) is 17.3 Å². The number of benzene rings is 2. The van der Waals surface area contributed by atoms with Gasteiger partial charge >= 0.3 is 11.7 Å². The lowest BCUT2D eigenvalue weighted by Gasteiger charge is -2.14. The monoisotopic (exact) mass is 409 g/mol. The Kier molecular flexibility index (Phi) is 6.38. The van der Waals surface area contributed by atoms with Crippen molar-refractivity contribution in [2.75, 3.05) is 24.4 Å². The molecule has 0 atom stereocenters. The summed E-state index contributed by atoms with van der Waals surface area (Å²) in [4.78, 5) is 31.2. The molecular formula is C20H19N5O5. The number of ether oxygens (including phenoxy) is 2. The van der Waals surface area contributed by atoms with Crippen LogP contribution in [0.4, 0.5) is 28.7 Å². The van der Waals surface area contributed by atoms with Gasteiger partial charge in [-0.3, -0.25) is 10.1 Å². The number of anilines is 4. The molecule has 0 saturated heterocycles. The molecule has 0 fully saturated rings. The number of aromatic nitrogens is 2. The van der Waals surface area contributed by atoms with Crippen LogP contribution < -0.4 is 15.4 Å². The molecule has 0 aliphatic carbocycles. The minimum Gasteiger partial charge on any atom is -0.492 e. The molecule has 0 unspecified atom stereocenters. The first-order valence-corrected chi connectivity index (χ1v) is 8.97. The molecule has 0 aliphatic rings. The number of para-hydroxylation sites is 3. The Morgan fingerprint density at radius 2 is 1.63 bits per heavy atom. The number of hydrogen-bond acceptors (Lipinski definition) is 9. The SMILES string of the molecule is CCOc1ccccc1Nc1ncnc(Nc2ccccc2C(=O)OC)c1[N+](=O)[O-]. The maximum absolute atomic E-state index is 12.0. The second-order valence-corrected chi connectivity index (χ2v) is 5.89. The van der Waals surface area contributed by atoms with Crippen molar-refractivity contribution < 1.29 is 19.2 Å². The van der Waals surface area contributed by atoms with Crippen LogP contribution in [0.3, 0.4) is 0 Å². The van der Waals surface area contributed by atoms with E-state index in [0.29, 0.717) is 23.7 Å². The van der Waals surface area contributed by atoms with Crippen molar-refractivity contribution in [1.29, 1.82) is 0 Å². The largest absolute Gasteiger partial charge is 0.492 e. The molecule has 30 heavy (non-hydrogen) atoms. The van der Waals surface area contributed by atoms with E-state index in [-0.39, 0.29) is 22.9 Å². The van der Waals surface area contributed by atoms with Gasteiger partial charge in [0.15, 0.2) is 0 Å². The highest BCUT2D eigenvalue weighted by atomic mass is 16.6. The number of nitrogens with zero attached hydrogens (tertiary/aromatic N) is 3. The Balaban J connectivity index is 2.01. The van der Waals surface area contributed by atoms with Crippen LogP contribution in [-0.4, -0.2) is 34.6 Å². The van der Waals surface area contributed by atoms with Gasteiger partial charge in [0.05, 0.1) is 35.6 Å². The number of carbonyl (C=O) groups is 1. The molecule has 0 amide bonds. The molecule has 0 aliphatic heterocycles. The molecule has 0 saturated carbocycles. The second-order valence-electron chi connectivity index (χ2n) is 5.89. The number of rotatable bonds is 8. The van der Waals surface area contributed by atoms with Crippen LogP contribution in [-0.2, 0) is 4.74 Å². The lowest BCUT2D eigenvalue weighted by atomic mass is 10.2. The van der Waals surface area contributed by atoms with E-state index in [1.807, 2.05) is 6.92 Å². The van der Waals surface area contributed by atoms with E-state index in [4.69, 9.17) is 9.47 Å². The van der Waals surface area contributed by atoms with Crippen LogP contribution in [0.25, 0.3) is 0 Å². The molecule has 1 aromatic heterocycles. The third kappa shape index (κ3) is 4.43. The van der Waals surface area contributed by atoms with E-state index in [1.165, 1.54) is 13.4 Å². The zero-order chi connectivity index (χ0) is 21.5. The fourth-order valence-corrected chi connectivity index (χ4v) is 2.72. The third-order valence-corrected chi connectivity index (χ3v) is 4.03. The van der Waals surface area contributed by atoms with Crippen molar-refractivity contribution >= 4 is 34.7 Å². The van der Waals surface area contributed by atoms with E-state index in [2.05, 4.69) is 20.6 Å². The van der Waals surface area contributed by atoms with Gasteiger partial charge in [-0.15, -0.1) is 0 Å². The van der Waals surface area contributed by atoms with Crippen LogP contribution in [0.2, 0.25) is 0 Å². The topological polar surface area (TPSA) is 129 Å². The average Bonchev–Trinajstić information content (AvgIpc) is 2.75. The lowest BCUT2D eigenvalue weighted by Crippen LogP contribution is -2.09. The smallest absolute Gasteiger partial charge is 0.353 e. The van der Waals surface area contributed by atoms with Crippen molar-refractivity contribution in [1.82, 2.24) is 9.97 Å². The summed E-state index contributed by atoms with van der Waals surface area (Å²) in [5, 5.41) is 17.6. The fraction of sp³-hybridized carbons (Fsp3) is 0.150. The molecule has 0 radical (unpaired) electrons. The lowest BCUT2D eigenvalue weighted by molar-refractivity contribution is -0.383. The number of hydrogen-bond donors (Lipinski definition) is 2. The maximum Gasteiger partial charge on any atom is 0.353 e. The van der Waals surface area contributed by atoms with Crippen molar-refractivity contribution in [3.63, 3.8) is 0 Å². The molecule has 10 nitrogen and oxygen atoms in total. The van der Waals surface area contributed by atoms with E-state index < -0.39 is 10.9 Å². The molecule has 3 rings (SSSR count). The van der Waals surface area contributed by atoms with E-state index in [1.54, 1.807) is 48.5 Å².